The van der Waals surface area contributed by atoms with Crippen LogP contribution in [0, 0.1) is 40.5 Å². The monoisotopic (exact) mass is 561 g/mol. The number of hydrogen-bond acceptors (Lipinski definition) is 1. The Morgan fingerprint density at radius 3 is 2.10 bits per heavy atom. The molecule has 2 aliphatic rings. The van der Waals surface area contributed by atoms with E-state index in [4.69, 9.17) is 5.26 Å². The summed E-state index contributed by atoms with van der Waals surface area (Å²) in [6.07, 6.45) is 9.59. The highest BCUT2D eigenvalue weighted by Gasteiger charge is 2.31. The van der Waals surface area contributed by atoms with E-state index in [1.165, 1.54) is 11.6 Å². The van der Waals surface area contributed by atoms with E-state index in [1.54, 1.807) is 12.1 Å². The van der Waals surface area contributed by atoms with Gasteiger partial charge in [-0.2, -0.15) is 5.26 Å². The maximum absolute atomic E-state index is 15.8. The van der Waals surface area contributed by atoms with Crippen molar-refractivity contribution in [3.8, 4) is 6.07 Å². The van der Waals surface area contributed by atoms with E-state index in [0.29, 0.717) is 60.3 Å². The third-order valence-electron chi connectivity index (χ3n) is 9.52. The van der Waals surface area contributed by atoms with Crippen molar-refractivity contribution in [2.24, 2.45) is 5.92 Å². The molecular weight excluding hydrogens is 522 g/mol. The van der Waals surface area contributed by atoms with Crippen molar-refractivity contribution in [1.82, 2.24) is 0 Å². The topological polar surface area (TPSA) is 23.8 Å². The molecule has 0 amide bonds. The minimum atomic E-state index is -0.745. The molecule has 0 aromatic heterocycles. The molecule has 1 unspecified atom stereocenters. The van der Waals surface area contributed by atoms with Gasteiger partial charge in [0.1, 0.15) is 11.6 Å². The van der Waals surface area contributed by atoms with Gasteiger partial charge < -0.3 is 0 Å². The molecule has 1 fully saturated rings. The van der Waals surface area contributed by atoms with E-state index in [2.05, 4.69) is 13.0 Å². The average Bonchev–Trinajstić information content (AvgIpc) is 2.99. The Bertz CT molecular complexity index is 1400. The van der Waals surface area contributed by atoms with Crippen molar-refractivity contribution >= 4 is 0 Å². The van der Waals surface area contributed by atoms with E-state index in [1.807, 2.05) is 24.3 Å². The van der Waals surface area contributed by atoms with E-state index in [9.17, 15) is 8.78 Å². The third kappa shape index (κ3) is 6.53. The average molecular weight is 562 g/mol. The largest absolute Gasteiger partial charge is 0.207 e. The highest BCUT2D eigenvalue weighted by Crippen LogP contribution is 2.44. The summed E-state index contributed by atoms with van der Waals surface area (Å²) < 4.78 is 60.5. The number of nitrogens with zero attached hydrogens (tertiary/aromatic N) is 1. The first-order valence-electron chi connectivity index (χ1n) is 15.3. The first kappa shape index (κ1) is 29.4. The summed E-state index contributed by atoms with van der Waals surface area (Å²) in [6, 6.07) is 14.8. The van der Waals surface area contributed by atoms with Crippen LogP contribution in [-0.2, 0) is 25.7 Å². The van der Waals surface area contributed by atoms with Gasteiger partial charge in [0, 0.05) is 5.56 Å². The second-order valence-corrected chi connectivity index (χ2v) is 12.1. The fraction of sp³-hybridized carbons (Fsp3) is 0.472. The molecule has 3 aromatic carbocycles. The molecule has 5 rings (SSSR count). The summed E-state index contributed by atoms with van der Waals surface area (Å²) in [4.78, 5) is 0. The molecule has 0 saturated heterocycles. The maximum Gasteiger partial charge on any atom is 0.162 e. The standard InChI is InChI=1S/C36H39F4N/c1-2-3-4-5-28-17-18-29(35(39)34(28)38)12-6-23-9-19-31-30(20-23)21-32(37)33(36(31)40)27-15-13-26(14-16-27)25-10-7-24(22-41)8-11-25/h7-8,10-11,17-18,21,23,26-27H,2-6,9,12-16,19-20H2,1H3. The van der Waals surface area contributed by atoms with Crippen LogP contribution in [0.1, 0.15) is 115 Å². The van der Waals surface area contributed by atoms with E-state index in [0.717, 1.165) is 56.9 Å². The summed E-state index contributed by atoms with van der Waals surface area (Å²) in [5.41, 5.74) is 4.26. The molecule has 1 saturated carbocycles. The lowest BCUT2D eigenvalue weighted by atomic mass is 9.74. The fourth-order valence-corrected chi connectivity index (χ4v) is 7.05. The normalized spacial score (nSPS) is 20.4. The summed E-state index contributed by atoms with van der Waals surface area (Å²) >= 11 is 0. The molecule has 0 spiro atoms. The number of hydrogen-bond donors (Lipinski definition) is 0. The zero-order chi connectivity index (χ0) is 28.9. The number of nitriles is 1. The van der Waals surface area contributed by atoms with Crippen molar-refractivity contribution in [3.05, 3.63) is 105 Å². The number of aryl methyl sites for hydroxylation is 2. The Hall–Kier alpha value is -3.13. The summed E-state index contributed by atoms with van der Waals surface area (Å²) in [5.74, 6) is -1.89. The van der Waals surface area contributed by atoms with Gasteiger partial charge in [-0.1, -0.05) is 44.0 Å². The highest BCUT2D eigenvalue weighted by molar-refractivity contribution is 5.40. The van der Waals surface area contributed by atoms with Gasteiger partial charge >= 0.3 is 0 Å². The molecule has 5 heteroatoms. The first-order valence-corrected chi connectivity index (χ1v) is 15.3. The first-order chi connectivity index (χ1) is 19.9. The van der Waals surface area contributed by atoms with Crippen LogP contribution in [-0.4, -0.2) is 0 Å². The smallest absolute Gasteiger partial charge is 0.162 e. The van der Waals surface area contributed by atoms with Crippen LogP contribution in [0.25, 0.3) is 0 Å². The van der Waals surface area contributed by atoms with Crippen molar-refractivity contribution in [3.63, 3.8) is 0 Å². The molecular formula is C36H39F4N. The van der Waals surface area contributed by atoms with Gasteiger partial charge in [-0.3, -0.25) is 0 Å². The predicted octanol–water partition coefficient (Wildman–Crippen LogP) is 10.0. The molecule has 0 N–H and O–H groups in total. The van der Waals surface area contributed by atoms with Crippen LogP contribution in [0.4, 0.5) is 17.6 Å². The van der Waals surface area contributed by atoms with Gasteiger partial charge in [0.05, 0.1) is 11.6 Å². The SMILES string of the molecule is CCCCCc1ccc(CCC2CCc3c(cc(F)c(C4CCC(c5ccc(C#N)cc5)CC4)c3F)C2)c(F)c1F. The summed E-state index contributed by atoms with van der Waals surface area (Å²) in [6.45, 7) is 2.08. The van der Waals surface area contributed by atoms with Crippen LogP contribution < -0.4 is 0 Å². The number of halogens is 4. The van der Waals surface area contributed by atoms with Crippen LogP contribution in [0.3, 0.4) is 0 Å². The van der Waals surface area contributed by atoms with Gasteiger partial charge in [0.15, 0.2) is 11.6 Å². The predicted molar refractivity (Wildman–Crippen MR) is 155 cm³/mol. The molecule has 0 radical (unpaired) electrons. The number of fused-ring (bicyclic) bond motifs is 1. The Balaban J connectivity index is 1.20. The molecule has 0 bridgehead atoms. The summed E-state index contributed by atoms with van der Waals surface area (Å²) in [7, 11) is 0. The zero-order valence-electron chi connectivity index (χ0n) is 23.9. The number of benzene rings is 3. The van der Waals surface area contributed by atoms with Crippen LogP contribution in [0.2, 0.25) is 0 Å². The van der Waals surface area contributed by atoms with E-state index >= 15 is 8.78 Å². The van der Waals surface area contributed by atoms with Crippen molar-refractivity contribution in [2.75, 3.05) is 0 Å². The second-order valence-electron chi connectivity index (χ2n) is 12.1. The lowest BCUT2D eigenvalue weighted by Crippen LogP contribution is -2.20. The number of unbranched alkanes of at least 4 members (excludes halogenated alkanes) is 2. The molecule has 0 heterocycles. The molecule has 1 nitrogen and oxygen atoms in total. The minimum absolute atomic E-state index is 0.129. The van der Waals surface area contributed by atoms with E-state index in [-0.39, 0.29) is 23.2 Å². The fourth-order valence-electron chi connectivity index (χ4n) is 7.05. The van der Waals surface area contributed by atoms with Crippen LogP contribution in [0.15, 0.2) is 42.5 Å². The molecule has 2 aliphatic carbocycles. The van der Waals surface area contributed by atoms with Gasteiger partial charge in [0.25, 0.3) is 0 Å². The Morgan fingerprint density at radius 1 is 0.780 bits per heavy atom. The Labute approximate surface area is 241 Å². The quantitative estimate of drug-likeness (QED) is 0.188. The van der Waals surface area contributed by atoms with Crippen LogP contribution >= 0.6 is 0 Å². The highest BCUT2D eigenvalue weighted by atomic mass is 19.2. The Kier molecular flexibility index (Phi) is 9.48. The molecule has 0 aliphatic heterocycles. The van der Waals surface area contributed by atoms with Crippen molar-refractivity contribution in [2.45, 2.75) is 102 Å². The van der Waals surface area contributed by atoms with Gasteiger partial charge in [-0.25, -0.2) is 17.6 Å². The Morgan fingerprint density at radius 2 is 1.44 bits per heavy atom. The number of rotatable bonds is 9. The van der Waals surface area contributed by atoms with Crippen molar-refractivity contribution in [1.29, 1.82) is 5.26 Å². The van der Waals surface area contributed by atoms with Gasteiger partial charge in [0.2, 0.25) is 0 Å². The lowest BCUT2D eigenvalue weighted by Gasteiger charge is -2.31. The molecule has 3 aromatic rings. The lowest BCUT2D eigenvalue weighted by molar-refractivity contribution is 0.369. The molecule has 41 heavy (non-hydrogen) atoms. The maximum atomic E-state index is 15.8. The van der Waals surface area contributed by atoms with E-state index < -0.39 is 17.5 Å². The zero-order valence-corrected chi connectivity index (χ0v) is 23.9. The third-order valence-corrected chi connectivity index (χ3v) is 9.52. The molecule has 1 atom stereocenters. The van der Waals surface area contributed by atoms with Gasteiger partial charge in [-0.05, 0) is 134 Å². The van der Waals surface area contributed by atoms with Crippen molar-refractivity contribution < 1.29 is 17.6 Å². The minimum Gasteiger partial charge on any atom is -0.207 e. The van der Waals surface area contributed by atoms with Crippen LogP contribution in [0.5, 0.6) is 0 Å². The van der Waals surface area contributed by atoms with Gasteiger partial charge in [-0.15, -0.1) is 0 Å². The summed E-state index contributed by atoms with van der Waals surface area (Å²) in [5, 5.41) is 9.03. The molecule has 216 valence electrons. The second kappa shape index (κ2) is 13.2.